The minimum Gasteiger partial charge on any atom is -0.496 e. The van der Waals surface area contributed by atoms with Gasteiger partial charge in [-0.15, -0.1) is 0 Å². The lowest BCUT2D eigenvalue weighted by atomic mass is 10.1. The zero-order valence-corrected chi connectivity index (χ0v) is 9.34. The fourth-order valence-electron chi connectivity index (χ4n) is 1.66. The van der Waals surface area contributed by atoms with Crippen molar-refractivity contribution in [3.8, 4) is 11.5 Å². The normalized spacial score (nSPS) is 10.3. The third-order valence-electron chi connectivity index (χ3n) is 2.34. The predicted octanol–water partition coefficient (Wildman–Crippen LogP) is 3.51. The first-order chi connectivity index (χ1) is 7.27. The maximum Gasteiger partial charge on any atom is 0.145 e. The number of rotatable bonds is 2. The molecule has 78 valence electrons. The van der Waals surface area contributed by atoms with E-state index < -0.39 is 0 Å². The molecule has 0 saturated carbocycles. The Morgan fingerprint density at radius 1 is 1.00 bits per heavy atom. The van der Waals surface area contributed by atoms with Crippen molar-refractivity contribution in [2.24, 2.45) is 0 Å². The van der Waals surface area contributed by atoms with Crippen LogP contribution in [0.5, 0.6) is 11.5 Å². The molecule has 0 fully saturated rings. The van der Waals surface area contributed by atoms with Gasteiger partial charge in [0.2, 0.25) is 0 Å². The van der Waals surface area contributed by atoms with E-state index >= 15 is 0 Å². The van der Waals surface area contributed by atoms with Gasteiger partial charge in [0.25, 0.3) is 0 Å². The van der Waals surface area contributed by atoms with Crippen LogP contribution in [-0.2, 0) is 0 Å². The summed E-state index contributed by atoms with van der Waals surface area (Å²) in [4.78, 5) is 0. The number of fused-ring (bicyclic) bond motifs is 1. The molecule has 0 unspecified atom stereocenters. The summed E-state index contributed by atoms with van der Waals surface area (Å²) in [5, 5.41) is 2.53. The lowest BCUT2D eigenvalue weighted by Crippen LogP contribution is -1.90. The molecule has 2 rings (SSSR count). The number of methoxy groups -OCH3 is 2. The Balaban J connectivity index is 2.86. The third kappa shape index (κ3) is 1.61. The summed E-state index contributed by atoms with van der Waals surface area (Å²) in [6, 6.07) is 9.61. The minimum atomic E-state index is 0.563. The molecule has 0 aliphatic rings. The summed E-state index contributed by atoms with van der Waals surface area (Å²) in [6.07, 6.45) is 0. The first-order valence-corrected chi connectivity index (χ1v) is 4.95. The Hall–Kier alpha value is -1.41. The molecule has 0 radical (unpaired) electrons. The summed E-state index contributed by atoms with van der Waals surface area (Å²) in [5.74, 6) is 1.45. The maximum absolute atomic E-state index is 6.08. The van der Waals surface area contributed by atoms with Crippen molar-refractivity contribution in [3.05, 3.63) is 35.4 Å². The first-order valence-electron chi connectivity index (χ1n) is 4.57. The summed E-state index contributed by atoms with van der Waals surface area (Å²) in [5.41, 5.74) is 0. The Morgan fingerprint density at radius 2 is 1.67 bits per heavy atom. The molecule has 0 spiro atoms. The average Bonchev–Trinajstić information content (AvgIpc) is 2.28. The Kier molecular flexibility index (Phi) is 2.69. The highest BCUT2D eigenvalue weighted by atomic mass is 35.5. The molecule has 0 aliphatic heterocycles. The van der Waals surface area contributed by atoms with E-state index in [2.05, 4.69) is 0 Å². The second-order valence-electron chi connectivity index (χ2n) is 3.14. The smallest absolute Gasteiger partial charge is 0.145 e. The van der Waals surface area contributed by atoms with Gasteiger partial charge < -0.3 is 9.47 Å². The van der Waals surface area contributed by atoms with E-state index in [-0.39, 0.29) is 0 Å². The molecule has 0 atom stereocenters. The number of hydrogen-bond donors (Lipinski definition) is 0. The van der Waals surface area contributed by atoms with Crippen LogP contribution in [0, 0.1) is 0 Å². The van der Waals surface area contributed by atoms with E-state index in [1.807, 2.05) is 24.3 Å². The van der Waals surface area contributed by atoms with Gasteiger partial charge in [-0.1, -0.05) is 35.9 Å². The fraction of sp³-hybridized carbons (Fsp3) is 0.167. The summed E-state index contributed by atoms with van der Waals surface area (Å²) < 4.78 is 10.5. The van der Waals surface area contributed by atoms with Crippen molar-refractivity contribution in [2.75, 3.05) is 14.2 Å². The minimum absolute atomic E-state index is 0.563. The zero-order valence-electron chi connectivity index (χ0n) is 8.58. The van der Waals surface area contributed by atoms with E-state index in [9.17, 15) is 0 Å². The van der Waals surface area contributed by atoms with E-state index in [1.165, 1.54) is 0 Å². The molecule has 0 N–H and O–H groups in total. The number of ether oxygens (including phenoxy) is 2. The third-order valence-corrected chi connectivity index (χ3v) is 2.62. The van der Waals surface area contributed by atoms with Gasteiger partial charge in [0.05, 0.1) is 19.2 Å². The number of halogens is 1. The van der Waals surface area contributed by atoms with Gasteiger partial charge in [0.1, 0.15) is 11.5 Å². The summed E-state index contributed by atoms with van der Waals surface area (Å²) in [7, 11) is 3.24. The van der Waals surface area contributed by atoms with Gasteiger partial charge in [-0.25, -0.2) is 0 Å². The quantitative estimate of drug-likeness (QED) is 0.774. The van der Waals surface area contributed by atoms with Crippen molar-refractivity contribution >= 4 is 22.4 Å². The summed E-state index contributed by atoms with van der Waals surface area (Å²) in [6.45, 7) is 0. The first kappa shape index (κ1) is 10.1. The highest BCUT2D eigenvalue weighted by Gasteiger charge is 2.10. The number of benzene rings is 2. The molecule has 2 aromatic carbocycles. The molecule has 0 saturated heterocycles. The molecule has 2 aromatic rings. The molecular weight excluding hydrogens is 212 g/mol. The molecule has 3 heteroatoms. The van der Waals surface area contributed by atoms with Crippen LogP contribution in [0.1, 0.15) is 0 Å². The van der Waals surface area contributed by atoms with Crippen LogP contribution in [0.25, 0.3) is 10.8 Å². The fourth-order valence-corrected chi connectivity index (χ4v) is 1.94. The van der Waals surface area contributed by atoms with Gasteiger partial charge in [-0.2, -0.15) is 0 Å². The van der Waals surface area contributed by atoms with Crippen LogP contribution in [0.4, 0.5) is 0 Å². The predicted molar refractivity (Wildman–Crippen MR) is 62.1 cm³/mol. The largest absolute Gasteiger partial charge is 0.496 e. The standard InChI is InChI=1S/C12H11ClO2/c1-14-11-7-10(13)12(15-2)9-6-4-3-5-8(9)11/h3-7H,1-2H3. The van der Waals surface area contributed by atoms with Crippen LogP contribution in [-0.4, -0.2) is 14.2 Å². The Labute approximate surface area is 93.4 Å². The van der Waals surface area contributed by atoms with Gasteiger partial charge >= 0.3 is 0 Å². The number of hydrogen-bond acceptors (Lipinski definition) is 2. The van der Waals surface area contributed by atoms with E-state index in [0.717, 1.165) is 16.5 Å². The highest BCUT2D eigenvalue weighted by Crippen LogP contribution is 2.38. The van der Waals surface area contributed by atoms with Crippen LogP contribution in [0.15, 0.2) is 30.3 Å². The highest BCUT2D eigenvalue weighted by molar-refractivity contribution is 6.33. The average molecular weight is 223 g/mol. The van der Waals surface area contributed by atoms with Crippen molar-refractivity contribution in [3.63, 3.8) is 0 Å². The molecule has 0 amide bonds. The van der Waals surface area contributed by atoms with E-state index in [4.69, 9.17) is 21.1 Å². The second-order valence-corrected chi connectivity index (χ2v) is 3.55. The summed E-state index contributed by atoms with van der Waals surface area (Å²) >= 11 is 6.08. The van der Waals surface area contributed by atoms with Crippen molar-refractivity contribution in [1.82, 2.24) is 0 Å². The van der Waals surface area contributed by atoms with Gasteiger partial charge in [-0.05, 0) is 0 Å². The maximum atomic E-state index is 6.08. The molecule has 0 bridgehead atoms. The Bertz CT molecular complexity index is 494. The van der Waals surface area contributed by atoms with Crippen LogP contribution in [0.2, 0.25) is 5.02 Å². The van der Waals surface area contributed by atoms with E-state index in [0.29, 0.717) is 10.8 Å². The molecule has 0 aliphatic carbocycles. The topological polar surface area (TPSA) is 18.5 Å². The van der Waals surface area contributed by atoms with Crippen LogP contribution >= 0.6 is 11.6 Å². The monoisotopic (exact) mass is 222 g/mol. The van der Waals surface area contributed by atoms with E-state index in [1.54, 1.807) is 20.3 Å². The molecule has 15 heavy (non-hydrogen) atoms. The van der Waals surface area contributed by atoms with Gasteiger partial charge in [-0.3, -0.25) is 0 Å². The van der Waals surface area contributed by atoms with Crippen molar-refractivity contribution in [1.29, 1.82) is 0 Å². The van der Waals surface area contributed by atoms with Gasteiger partial charge in [0, 0.05) is 16.8 Å². The zero-order chi connectivity index (χ0) is 10.8. The van der Waals surface area contributed by atoms with Crippen molar-refractivity contribution < 1.29 is 9.47 Å². The van der Waals surface area contributed by atoms with Crippen LogP contribution in [0.3, 0.4) is 0 Å². The Morgan fingerprint density at radius 3 is 2.27 bits per heavy atom. The molecular formula is C12H11ClO2. The van der Waals surface area contributed by atoms with Gasteiger partial charge in [0.15, 0.2) is 0 Å². The van der Waals surface area contributed by atoms with Crippen LogP contribution < -0.4 is 9.47 Å². The lowest BCUT2D eigenvalue weighted by Gasteiger charge is -2.11. The second kappa shape index (κ2) is 3.99. The molecule has 0 heterocycles. The van der Waals surface area contributed by atoms with Crippen molar-refractivity contribution in [2.45, 2.75) is 0 Å². The molecule has 2 nitrogen and oxygen atoms in total. The molecule has 0 aromatic heterocycles. The SMILES string of the molecule is COc1cc(Cl)c(OC)c2ccccc12. The lowest BCUT2D eigenvalue weighted by molar-refractivity contribution is 0.410.